The number of methoxy groups -OCH3 is 1. The van der Waals surface area contributed by atoms with Gasteiger partial charge in [0.2, 0.25) is 0 Å². The van der Waals surface area contributed by atoms with E-state index in [2.05, 4.69) is 56.5 Å². The fraction of sp³-hybridized carbons (Fsp3) is 1.00. The van der Waals surface area contributed by atoms with E-state index in [0.29, 0.717) is 0 Å². The summed E-state index contributed by atoms with van der Waals surface area (Å²) in [5.41, 5.74) is 0. The van der Waals surface area contributed by atoms with Crippen molar-refractivity contribution in [3.8, 4) is 0 Å². The molecule has 0 aromatic carbocycles. The summed E-state index contributed by atoms with van der Waals surface area (Å²) in [6.45, 7) is 17.3. The second kappa shape index (κ2) is 37.2. The molecule has 0 aromatic heterocycles. The number of nitrogens with two attached hydrogens (primary N) is 2. The minimum Gasteiger partial charge on any atom is -0.383 e. The molecule has 0 spiro atoms. The fourth-order valence-electron chi connectivity index (χ4n) is 1.16. The molecule has 0 radical (unpaired) electrons. The van der Waals surface area contributed by atoms with Crippen LogP contribution >= 0.6 is 0 Å². The second-order valence-corrected chi connectivity index (χ2v) is 5.02. The highest BCUT2D eigenvalue weighted by Crippen LogP contribution is 1.90. The average Bonchev–Trinajstić information content (AvgIpc) is 2.40. The molecule has 1 fully saturated rings. The first-order valence-electron chi connectivity index (χ1n) is 7.33. The summed E-state index contributed by atoms with van der Waals surface area (Å²) in [6.07, 6.45) is 1.25. The monoisotopic (exact) mass is 326 g/mol. The van der Waals surface area contributed by atoms with Gasteiger partial charge in [-0.25, -0.2) is 0 Å². The molecule has 0 saturated carbocycles. The van der Waals surface area contributed by atoms with Gasteiger partial charge in [0.15, 0.2) is 0 Å². The number of nitrogens with zero attached hydrogens (tertiary/aromatic N) is 1. The third kappa shape index (κ3) is 50.3. The third-order valence-corrected chi connectivity index (χ3v) is 1.82. The van der Waals surface area contributed by atoms with Crippen LogP contribution in [0.1, 0.15) is 63.3 Å². The van der Waals surface area contributed by atoms with Gasteiger partial charge in [-0.2, -0.15) is 0 Å². The lowest BCUT2D eigenvalue weighted by molar-refractivity contribution is 0.139. The normalized spacial score (nSPS) is 12.4. The van der Waals surface area contributed by atoms with Crippen molar-refractivity contribution in [1.82, 2.24) is 10.2 Å². The Labute approximate surface area is 143 Å². The van der Waals surface area contributed by atoms with Crippen LogP contribution in [0.5, 0.6) is 0 Å². The van der Waals surface area contributed by atoms with E-state index in [1.807, 2.05) is 0 Å². The van der Waals surface area contributed by atoms with Crippen molar-refractivity contribution in [3.63, 3.8) is 0 Å². The maximum Gasteiger partial charge on any atom is 0.0589 e. The third-order valence-electron chi connectivity index (χ3n) is 1.82. The number of piperazine rings is 1. The van der Waals surface area contributed by atoms with E-state index >= 15 is 0 Å². The van der Waals surface area contributed by atoms with Crippen LogP contribution in [0.2, 0.25) is 0 Å². The molecule has 1 aliphatic rings. The predicted octanol–water partition coefficient (Wildman–Crippen LogP) is 3.34. The Balaban J connectivity index is -0.0000000462. The van der Waals surface area contributed by atoms with E-state index in [-0.39, 0.29) is 22.3 Å². The summed E-state index contributed by atoms with van der Waals surface area (Å²) in [6, 6.07) is 0. The Morgan fingerprint density at radius 1 is 1.00 bits per heavy atom. The first-order valence-corrected chi connectivity index (χ1v) is 7.33. The fourth-order valence-corrected chi connectivity index (χ4v) is 1.16. The van der Waals surface area contributed by atoms with Gasteiger partial charge in [0.05, 0.1) is 6.61 Å². The Morgan fingerprint density at radius 2 is 1.32 bits per heavy atom. The van der Waals surface area contributed by atoms with Crippen molar-refractivity contribution in [2.24, 2.45) is 17.6 Å². The minimum absolute atomic E-state index is 0. The molecule has 0 aromatic rings. The van der Waals surface area contributed by atoms with Gasteiger partial charge in [0.1, 0.15) is 0 Å². The Morgan fingerprint density at radius 3 is 1.59 bits per heavy atom. The first-order chi connectivity index (χ1) is 9.08. The van der Waals surface area contributed by atoms with Gasteiger partial charge in [0, 0.05) is 39.8 Å². The van der Waals surface area contributed by atoms with Crippen LogP contribution in [-0.4, -0.2) is 51.3 Å². The Bertz CT molecular complexity index is 127. The predicted molar refractivity (Wildman–Crippen MR) is 106 cm³/mol. The molecule has 5 nitrogen and oxygen atoms in total. The zero-order chi connectivity index (χ0) is 15.5. The number of hydrazine groups is 1. The van der Waals surface area contributed by atoms with Crippen LogP contribution in [-0.2, 0) is 4.74 Å². The van der Waals surface area contributed by atoms with Crippen molar-refractivity contribution in [1.29, 1.82) is 0 Å². The summed E-state index contributed by atoms with van der Waals surface area (Å²) < 4.78 is 4.98. The SMILES string of the molecule is C.C.C.CC(C)C.CCC.COCCN1CCNCC1.NN. The van der Waals surface area contributed by atoms with Crippen molar-refractivity contribution >= 4 is 0 Å². The van der Waals surface area contributed by atoms with Crippen molar-refractivity contribution in [2.75, 3.05) is 46.4 Å². The topological polar surface area (TPSA) is 76.5 Å². The van der Waals surface area contributed by atoms with Gasteiger partial charge in [-0.05, 0) is 5.92 Å². The van der Waals surface area contributed by atoms with Crippen LogP contribution < -0.4 is 17.0 Å². The quantitative estimate of drug-likeness (QED) is 0.548. The zero-order valence-electron chi connectivity index (χ0n) is 14.0. The molecule has 1 rings (SSSR count). The van der Waals surface area contributed by atoms with E-state index in [1.165, 1.54) is 19.5 Å². The molecular formula is C17H50N4O. The van der Waals surface area contributed by atoms with Crippen LogP contribution in [0, 0.1) is 5.92 Å². The lowest BCUT2D eigenvalue weighted by atomic mass is 10.3. The number of nitrogens with one attached hydrogen (secondary N) is 1. The molecule has 1 heterocycles. The van der Waals surface area contributed by atoms with Crippen LogP contribution in [0.15, 0.2) is 0 Å². The molecule has 5 heteroatoms. The van der Waals surface area contributed by atoms with Gasteiger partial charge in [-0.3, -0.25) is 16.6 Å². The van der Waals surface area contributed by atoms with Crippen molar-refractivity contribution < 1.29 is 4.74 Å². The zero-order valence-corrected chi connectivity index (χ0v) is 14.0. The molecular weight excluding hydrogens is 276 g/mol. The molecule has 0 aliphatic carbocycles. The maximum atomic E-state index is 4.98. The molecule has 0 amide bonds. The lowest BCUT2D eigenvalue weighted by Gasteiger charge is -2.26. The van der Waals surface area contributed by atoms with Crippen molar-refractivity contribution in [3.05, 3.63) is 0 Å². The number of hydrogen-bond acceptors (Lipinski definition) is 5. The van der Waals surface area contributed by atoms with E-state index < -0.39 is 0 Å². The number of ether oxygens (including phenoxy) is 1. The van der Waals surface area contributed by atoms with Crippen molar-refractivity contribution in [2.45, 2.75) is 63.3 Å². The van der Waals surface area contributed by atoms with E-state index in [9.17, 15) is 0 Å². The van der Waals surface area contributed by atoms with Gasteiger partial charge in [-0.1, -0.05) is 63.3 Å². The summed E-state index contributed by atoms with van der Waals surface area (Å²) in [7, 11) is 1.75. The standard InChI is InChI=1S/C7H16N2O.C4H10.C3H8.3CH4.H4N2/c1-10-7-6-9-4-2-8-3-5-9;1-4(2)3;1-3-2;;;;1-2/h8H,2-7H2,1H3;4H,1-3H3;3H2,1-2H3;3*1H4;1-2H2. The molecule has 1 saturated heterocycles. The second-order valence-electron chi connectivity index (χ2n) is 5.02. The highest BCUT2D eigenvalue weighted by Gasteiger charge is 2.07. The molecule has 5 N–H and O–H groups in total. The largest absolute Gasteiger partial charge is 0.383 e. The summed E-state index contributed by atoms with van der Waals surface area (Å²) >= 11 is 0. The highest BCUT2D eigenvalue weighted by atomic mass is 16.5. The van der Waals surface area contributed by atoms with E-state index in [0.717, 1.165) is 32.2 Å². The minimum atomic E-state index is 0. The van der Waals surface area contributed by atoms with Crippen LogP contribution in [0.25, 0.3) is 0 Å². The Kier molecular flexibility index (Phi) is 63.9. The molecule has 144 valence electrons. The molecule has 0 unspecified atom stereocenters. The number of rotatable bonds is 3. The molecule has 22 heavy (non-hydrogen) atoms. The lowest BCUT2D eigenvalue weighted by Crippen LogP contribution is -2.44. The van der Waals surface area contributed by atoms with Gasteiger partial charge in [-0.15, -0.1) is 0 Å². The van der Waals surface area contributed by atoms with Crippen LogP contribution in [0.4, 0.5) is 0 Å². The molecule has 0 bridgehead atoms. The Hall–Kier alpha value is -0.200. The smallest absolute Gasteiger partial charge is 0.0589 e. The van der Waals surface area contributed by atoms with E-state index in [4.69, 9.17) is 4.74 Å². The highest BCUT2D eigenvalue weighted by molar-refractivity contribution is 4.66. The first kappa shape index (κ1) is 37.8. The summed E-state index contributed by atoms with van der Waals surface area (Å²) in [4.78, 5) is 2.42. The van der Waals surface area contributed by atoms with Gasteiger partial charge < -0.3 is 10.1 Å². The van der Waals surface area contributed by atoms with Crippen LogP contribution in [0.3, 0.4) is 0 Å². The number of hydrogen-bond donors (Lipinski definition) is 3. The summed E-state index contributed by atoms with van der Waals surface area (Å²) in [5.74, 6) is 8.83. The van der Waals surface area contributed by atoms with Gasteiger partial charge in [0.25, 0.3) is 0 Å². The maximum absolute atomic E-state index is 4.98. The molecule has 1 aliphatic heterocycles. The van der Waals surface area contributed by atoms with E-state index in [1.54, 1.807) is 7.11 Å². The molecule has 0 atom stereocenters. The average molecular weight is 327 g/mol. The van der Waals surface area contributed by atoms with Gasteiger partial charge >= 0.3 is 0 Å². The summed E-state index contributed by atoms with van der Waals surface area (Å²) in [5, 5.41) is 3.31.